The number of allylic oxidation sites excluding steroid dienone is 1. The quantitative estimate of drug-likeness (QED) is 0.0827. The number of amides is 1. The van der Waals surface area contributed by atoms with E-state index in [9.17, 15) is 9.59 Å². The molecule has 0 saturated carbocycles. The molecule has 0 aromatic rings. The Balaban J connectivity index is 1.68. The molecule has 1 saturated heterocycles. The molecule has 41 heavy (non-hydrogen) atoms. The topological polar surface area (TPSA) is 99.9 Å². The van der Waals surface area contributed by atoms with E-state index in [0.717, 1.165) is 24.8 Å². The zero-order valence-electron chi connectivity index (χ0n) is 26.9. The number of nitrogens with two attached hydrogens (primary N) is 1. The molecule has 2 heterocycles. The number of quaternary nitrogens is 1. The molecular weight excluding hydrogens is 518 g/mol. The Kier molecular flexibility index (Phi) is 16.4. The van der Waals surface area contributed by atoms with E-state index in [2.05, 4.69) is 12.2 Å². The minimum atomic E-state index is -0.527. The number of esters is 1. The van der Waals surface area contributed by atoms with Gasteiger partial charge in [0.05, 0.1) is 19.4 Å². The number of hydroxylamine groups is 3. The maximum atomic E-state index is 13.0. The van der Waals surface area contributed by atoms with Crippen molar-refractivity contribution in [3.8, 4) is 0 Å². The fourth-order valence-electron chi connectivity index (χ4n) is 6.34. The number of carbonyl (C=O) groups excluding carboxylic acids is 2. The molecule has 0 radical (unpaired) electrons. The lowest BCUT2D eigenvalue weighted by molar-refractivity contribution is -1.08. The van der Waals surface area contributed by atoms with Gasteiger partial charge in [-0.2, -0.15) is 0 Å². The maximum absolute atomic E-state index is 13.0. The van der Waals surface area contributed by atoms with Crippen molar-refractivity contribution in [2.24, 2.45) is 5.73 Å². The van der Waals surface area contributed by atoms with Crippen LogP contribution < -0.4 is 11.1 Å². The van der Waals surface area contributed by atoms with Crippen molar-refractivity contribution in [2.75, 3.05) is 26.8 Å². The standard InChI is InChI=1S/C33H59N3O5/c1-6-8-9-10-11-12-13-14-15-16-17-18-19-20-21-22-24-35-33(38)41-36(7-2)27(4)29(32(37)39-5)30(34)26(3)31(36)28-23-25-40-28/h28,31H,6-25,34H2,1-5H3/p+1. The number of nitrogens with one attached hydrogen (secondary N) is 1. The Labute approximate surface area is 250 Å². The number of ether oxygens (including phenoxy) is 2. The highest BCUT2D eigenvalue weighted by molar-refractivity contribution is 5.94. The van der Waals surface area contributed by atoms with Crippen LogP contribution in [-0.4, -0.2) is 55.7 Å². The van der Waals surface area contributed by atoms with Crippen molar-refractivity contribution in [3.05, 3.63) is 22.5 Å². The predicted octanol–water partition coefficient (Wildman–Crippen LogP) is 7.58. The van der Waals surface area contributed by atoms with Crippen molar-refractivity contribution in [3.63, 3.8) is 0 Å². The molecule has 0 aliphatic carbocycles. The second kappa shape index (κ2) is 19.2. The van der Waals surface area contributed by atoms with Crippen LogP contribution in [0.5, 0.6) is 0 Å². The van der Waals surface area contributed by atoms with Gasteiger partial charge < -0.3 is 20.5 Å². The molecule has 3 atom stereocenters. The first-order valence-electron chi connectivity index (χ1n) is 16.6. The van der Waals surface area contributed by atoms with Gasteiger partial charge in [0.25, 0.3) is 0 Å². The molecule has 2 aliphatic rings. The van der Waals surface area contributed by atoms with Gasteiger partial charge in [-0.1, -0.05) is 108 Å². The summed E-state index contributed by atoms with van der Waals surface area (Å²) in [5, 5.41) is 2.94. The van der Waals surface area contributed by atoms with E-state index in [-0.39, 0.29) is 22.4 Å². The molecular formula is C33H60N3O5+. The molecule has 8 heteroatoms. The van der Waals surface area contributed by atoms with Gasteiger partial charge in [-0.15, -0.1) is 0 Å². The van der Waals surface area contributed by atoms with Gasteiger partial charge >= 0.3 is 12.1 Å². The van der Waals surface area contributed by atoms with Crippen molar-refractivity contribution in [2.45, 2.75) is 149 Å². The van der Waals surface area contributed by atoms with E-state index in [4.69, 9.17) is 20.0 Å². The van der Waals surface area contributed by atoms with Crippen LogP contribution in [-0.2, 0) is 19.1 Å². The Morgan fingerprint density at radius 1 is 0.878 bits per heavy atom. The number of hydrogen-bond acceptors (Lipinski definition) is 6. The fraction of sp³-hybridized carbons (Fsp3) is 0.818. The van der Waals surface area contributed by atoms with Crippen molar-refractivity contribution < 1.29 is 28.5 Å². The zero-order chi connectivity index (χ0) is 30.1. The average molecular weight is 579 g/mol. The third-order valence-electron chi connectivity index (χ3n) is 9.01. The van der Waals surface area contributed by atoms with E-state index >= 15 is 0 Å². The molecule has 3 unspecified atom stereocenters. The number of nitrogens with zero attached hydrogens (tertiary/aromatic N) is 1. The number of likely N-dealkylation sites (N-methyl/N-ethyl adjacent to an activating group) is 1. The summed E-state index contributed by atoms with van der Waals surface area (Å²) in [6, 6.07) is -0.302. The van der Waals surface area contributed by atoms with E-state index in [1.807, 2.05) is 13.8 Å². The van der Waals surface area contributed by atoms with Gasteiger partial charge in [0.15, 0.2) is 11.7 Å². The summed E-state index contributed by atoms with van der Waals surface area (Å²) < 4.78 is 10.7. The van der Waals surface area contributed by atoms with E-state index in [1.165, 1.54) is 97.0 Å². The fourth-order valence-corrected chi connectivity index (χ4v) is 6.34. The van der Waals surface area contributed by atoms with Gasteiger partial charge in [-0.3, -0.25) is 0 Å². The first kappa shape index (κ1) is 35.1. The first-order valence-corrected chi connectivity index (χ1v) is 16.6. The molecule has 1 fully saturated rings. The van der Waals surface area contributed by atoms with E-state index in [0.29, 0.717) is 31.1 Å². The summed E-state index contributed by atoms with van der Waals surface area (Å²) in [5.41, 5.74) is 8.42. The van der Waals surface area contributed by atoms with Crippen molar-refractivity contribution in [1.29, 1.82) is 0 Å². The van der Waals surface area contributed by atoms with Crippen LogP contribution in [0.15, 0.2) is 22.5 Å². The average Bonchev–Trinajstić information content (AvgIpc) is 2.94. The highest BCUT2D eigenvalue weighted by Gasteiger charge is 2.56. The van der Waals surface area contributed by atoms with E-state index in [1.54, 1.807) is 6.92 Å². The molecule has 0 spiro atoms. The second-order valence-corrected chi connectivity index (χ2v) is 11.9. The van der Waals surface area contributed by atoms with Crippen LogP contribution in [0.4, 0.5) is 4.79 Å². The summed E-state index contributed by atoms with van der Waals surface area (Å²) in [7, 11) is 1.33. The van der Waals surface area contributed by atoms with Crippen LogP contribution in [0.3, 0.4) is 0 Å². The molecule has 3 N–H and O–H groups in total. The molecule has 236 valence electrons. The van der Waals surface area contributed by atoms with Gasteiger partial charge in [0.1, 0.15) is 18.2 Å². The zero-order valence-corrected chi connectivity index (χ0v) is 26.9. The predicted molar refractivity (Wildman–Crippen MR) is 165 cm³/mol. The SMILES string of the molecule is CCCCCCCCCCCCCCCCCCNC(=O)O[N+]1(CC)C(C)=C(C(=O)OC)C(N)=C(C)C1C1CCO1. The van der Waals surface area contributed by atoms with Crippen molar-refractivity contribution >= 4 is 12.1 Å². The van der Waals surface area contributed by atoms with Crippen LogP contribution in [0.25, 0.3) is 0 Å². The highest BCUT2D eigenvalue weighted by atomic mass is 16.8. The summed E-state index contributed by atoms with van der Waals surface area (Å²) in [6.07, 6.45) is 21.2. The summed E-state index contributed by atoms with van der Waals surface area (Å²) >= 11 is 0. The summed E-state index contributed by atoms with van der Waals surface area (Å²) in [5.74, 6) is -0.527. The number of unbranched alkanes of at least 4 members (excludes halogenated alkanes) is 15. The minimum absolute atomic E-state index is 0.129. The Morgan fingerprint density at radius 2 is 1.37 bits per heavy atom. The first-order chi connectivity index (χ1) is 19.8. The lowest BCUT2D eigenvalue weighted by atomic mass is 9.87. The second-order valence-electron chi connectivity index (χ2n) is 11.9. The Hall–Kier alpha value is -2.06. The Bertz CT molecular complexity index is 867. The lowest BCUT2D eigenvalue weighted by Crippen LogP contribution is -2.65. The summed E-state index contributed by atoms with van der Waals surface area (Å²) in [4.78, 5) is 31.8. The molecule has 2 aliphatic heterocycles. The third kappa shape index (κ3) is 10.3. The number of hydrogen-bond donors (Lipinski definition) is 2. The van der Waals surface area contributed by atoms with Gasteiger partial charge in [-0.25, -0.2) is 14.4 Å². The molecule has 0 bridgehead atoms. The van der Waals surface area contributed by atoms with Gasteiger partial charge in [0.2, 0.25) is 0 Å². The molecule has 1 amide bonds. The lowest BCUT2D eigenvalue weighted by Gasteiger charge is -2.48. The van der Waals surface area contributed by atoms with Crippen LogP contribution >= 0.6 is 0 Å². The Morgan fingerprint density at radius 3 is 1.78 bits per heavy atom. The number of methoxy groups -OCH3 is 1. The third-order valence-corrected chi connectivity index (χ3v) is 9.01. The molecule has 0 aromatic heterocycles. The largest absolute Gasteiger partial charge is 0.465 e. The highest BCUT2D eigenvalue weighted by Crippen LogP contribution is 2.42. The van der Waals surface area contributed by atoms with E-state index < -0.39 is 12.1 Å². The smallest absolute Gasteiger partial charge is 0.462 e. The van der Waals surface area contributed by atoms with Crippen molar-refractivity contribution in [1.82, 2.24) is 5.32 Å². The number of rotatable bonds is 21. The number of carbonyl (C=O) groups is 2. The molecule has 8 nitrogen and oxygen atoms in total. The normalized spacial score (nSPS) is 22.5. The van der Waals surface area contributed by atoms with Gasteiger partial charge in [0, 0.05) is 25.5 Å². The summed E-state index contributed by atoms with van der Waals surface area (Å²) in [6.45, 7) is 9.57. The molecule has 0 aromatic carbocycles. The van der Waals surface area contributed by atoms with Crippen LogP contribution in [0, 0.1) is 0 Å². The maximum Gasteiger partial charge on any atom is 0.462 e. The van der Waals surface area contributed by atoms with Crippen LogP contribution in [0.2, 0.25) is 0 Å². The minimum Gasteiger partial charge on any atom is -0.465 e. The molecule has 2 rings (SSSR count). The monoisotopic (exact) mass is 578 g/mol. The van der Waals surface area contributed by atoms with Gasteiger partial charge in [-0.05, 0) is 20.3 Å². The van der Waals surface area contributed by atoms with Crippen LogP contribution in [0.1, 0.15) is 137 Å².